The van der Waals surface area contributed by atoms with Gasteiger partial charge in [-0.25, -0.2) is 8.42 Å². The topological polar surface area (TPSA) is 37.4 Å². The lowest BCUT2D eigenvalue weighted by molar-refractivity contribution is 0.423. The van der Waals surface area contributed by atoms with Crippen molar-refractivity contribution in [1.29, 1.82) is 0 Å². The van der Waals surface area contributed by atoms with Crippen molar-refractivity contribution in [3.63, 3.8) is 0 Å². The number of sulfonamides is 1. The summed E-state index contributed by atoms with van der Waals surface area (Å²) in [7, 11) is -3.44. The number of halogens is 1. The standard InChI is InChI=1S/C15H16INO2S/c1-2-17(12-13-6-4-3-5-7-13)20(18,19)15-10-8-14(16)9-11-15/h3-11H,2,12H2,1H3. The van der Waals surface area contributed by atoms with Gasteiger partial charge in [0.2, 0.25) is 10.0 Å². The Bertz CT molecular complexity index is 654. The van der Waals surface area contributed by atoms with Crippen LogP contribution in [0.2, 0.25) is 0 Å². The fraction of sp³-hybridized carbons (Fsp3) is 0.200. The van der Waals surface area contributed by atoms with Gasteiger partial charge >= 0.3 is 0 Å². The maximum atomic E-state index is 12.6. The summed E-state index contributed by atoms with van der Waals surface area (Å²) in [5.74, 6) is 0. The lowest BCUT2D eigenvalue weighted by atomic mass is 10.2. The van der Waals surface area contributed by atoms with Crippen molar-refractivity contribution in [3.05, 3.63) is 63.7 Å². The Morgan fingerprint density at radius 2 is 1.60 bits per heavy atom. The number of hydrogen-bond acceptors (Lipinski definition) is 2. The highest BCUT2D eigenvalue weighted by molar-refractivity contribution is 14.1. The molecule has 3 nitrogen and oxygen atoms in total. The van der Waals surface area contributed by atoms with Crippen LogP contribution in [-0.2, 0) is 16.6 Å². The quantitative estimate of drug-likeness (QED) is 0.720. The highest BCUT2D eigenvalue weighted by atomic mass is 127. The minimum Gasteiger partial charge on any atom is -0.207 e. The average Bonchev–Trinajstić information content (AvgIpc) is 2.46. The molecule has 0 spiro atoms. The van der Waals surface area contributed by atoms with Gasteiger partial charge in [-0.3, -0.25) is 0 Å². The Labute approximate surface area is 133 Å². The zero-order valence-corrected chi connectivity index (χ0v) is 14.1. The van der Waals surface area contributed by atoms with Crippen molar-refractivity contribution >= 4 is 32.6 Å². The first-order chi connectivity index (χ1) is 9.54. The smallest absolute Gasteiger partial charge is 0.207 e. The molecular weight excluding hydrogens is 385 g/mol. The second-order valence-electron chi connectivity index (χ2n) is 4.37. The summed E-state index contributed by atoms with van der Waals surface area (Å²) in [5.41, 5.74) is 0.989. The molecule has 5 heteroatoms. The molecule has 0 fully saturated rings. The average molecular weight is 401 g/mol. The van der Waals surface area contributed by atoms with Gasteiger partial charge in [0.05, 0.1) is 4.90 Å². The van der Waals surface area contributed by atoms with Crippen molar-refractivity contribution in [1.82, 2.24) is 4.31 Å². The molecule has 0 N–H and O–H groups in total. The number of hydrogen-bond donors (Lipinski definition) is 0. The molecule has 0 heterocycles. The molecule has 0 radical (unpaired) electrons. The zero-order valence-electron chi connectivity index (χ0n) is 11.2. The van der Waals surface area contributed by atoms with Gasteiger partial charge in [0, 0.05) is 16.7 Å². The molecule has 106 valence electrons. The van der Waals surface area contributed by atoms with E-state index < -0.39 is 10.0 Å². The Morgan fingerprint density at radius 1 is 1.00 bits per heavy atom. The third-order valence-electron chi connectivity index (χ3n) is 3.01. The van der Waals surface area contributed by atoms with Crippen LogP contribution in [0.3, 0.4) is 0 Å². The second kappa shape index (κ2) is 6.69. The van der Waals surface area contributed by atoms with E-state index in [1.54, 1.807) is 12.1 Å². The van der Waals surface area contributed by atoms with Crippen LogP contribution in [0, 0.1) is 3.57 Å². The van der Waals surface area contributed by atoms with Crippen molar-refractivity contribution < 1.29 is 8.42 Å². The highest BCUT2D eigenvalue weighted by Gasteiger charge is 2.22. The summed E-state index contributed by atoms with van der Waals surface area (Å²) in [5, 5.41) is 0. The number of rotatable bonds is 5. The van der Waals surface area contributed by atoms with E-state index in [1.807, 2.05) is 49.4 Å². The van der Waals surface area contributed by atoms with Crippen LogP contribution < -0.4 is 0 Å². The first-order valence-corrected chi connectivity index (χ1v) is 8.85. The third kappa shape index (κ3) is 3.59. The minimum absolute atomic E-state index is 0.343. The first-order valence-electron chi connectivity index (χ1n) is 6.33. The van der Waals surface area contributed by atoms with Crippen LogP contribution in [0.25, 0.3) is 0 Å². The molecular formula is C15H16INO2S. The second-order valence-corrected chi connectivity index (χ2v) is 7.55. The van der Waals surface area contributed by atoms with Crippen LogP contribution in [0.15, 0.2) is 59.5 Å². The minimum atomic E-state index is -3.44. The normalized spacial score (nSPS) is 11.8. The molecule has 0 saturated carbocycles. The van der Waals surface area contributed by atoms with Gasteiger partial charge in [0.25, 0.3) is 0 Å². The van der Waals surface area contributed by atoms with E-state index in [4.69, 9.17) is 0 Å². The molecule has 20 heavy (non-hydrogen) atoms. The van der Waals surface area contributed by atoms with Crippen LogP contribution in [-0.4, -0.2) is 19.3 Å². The zero-order chi connectivity index (χ0) is 14.6. The molecule has 0 aliphatic rings. The summed E-state index contributed by atoms with van der Waals surface area (Å²) in [6.45, 7) is 2.70. The van der Waals surface area contributed by atoms with Gasteiger partial charge in [-0.15, -0.1) is 0 Å². The molecule has 2 rings (SSSR count). The van der Waals surface area contributed by atoms with Gasteiger partial charge < -0.3 is 0 Å². The summed E-state index contributed by atoms with van der Waals surface area (Å²) in [6.07, 6.45) is 0. The lowest BCUT2D eigenvalue weighted by Crippen LogP contribution is -2.30. The molecule has 0 saturated heterocycles. The molecule has 0 unspecified atom stereocenters. The summed E-state index contributed by atoms with van der Waals surface area (Å²) >= 11 is 2.16. The predicted molar refractivity (Wildman–Crippen MR) is 88.9 cm³/mol. The largest absolute Gasteiger partial charge is 0.243 e. The van der Waals surface area contributed by atoms with E-state index in [9.17, 15) is 8.42 Å². The Balaban J connectivity index is 2.28. The Hall–Kier alpha value is -0.920. The van der Waals surface area contributed by atoms with E-state index in [0.29, 0.717) is 18.0 Å². The molecule has 0 aliphatic carbocycles. The monoisotopic (exact) mass is 401 g/mol. The SMILES string of the molecule is CCN(Cc1ccccc1)S(=O)(=O)c1ccc(I)cc1. The summed E-state index contributed by atoms with van der Waals surface area (Å²) in [4.78, 5) is 0.343. The van der Waals surface area contributed by atoms with Gasteiger partial charge in [0.1, 0.15) is 0 Å². The molecule has 0 aromatic heterocycles. The van der Waals surface area contributed by atoms with E-state index in [2.05, 4.69) is 22.6 Å². The Morgan fingerprint density at radius 3 is 2.15 bits per heavy atom. The summed E-state index contributed by atoms with van der Waals surface area (Å²) in [6, 6.07) is 16.6. The van der Waals surface area contributed by atoms with Gasteiger partial charge in [-0.05, 0) is 52.4 Å². The lowest BCUT2D eigenvalue weighted by Gasteiger charge is -2.20. The van der Waals surface area contributed by atoms with E-state index in [1.165, 1.54) is 4.31 Å². The molecule has 2 aromatic rings. The van der Waals surface area contributed by atoms with Gasteiger partial charge in [0.15, 0.2) is 0 Å². The number of nitrogens with zero attached hydrogens (tertiary/aromatic N) is 1. The van der Waals surface area contributed by atoms with Crippen LogP contribution in [0.5, 0.6) is 0 Å². The fourth-order valence-electron chi connectivity index (χ4n) is 1.91. The molecule has 0 bridgehead atoms. The number of benzene rings is 2. The van der Waals surface area contributed by atoms with E-state index >= 15 is 0 Å². The van der Waals surface area contributed by atoms with Crippen LogP contribution in [0.1, 0.15) is 12.5 Å². The Kier molecular flexibility index (Phi) is 5.17. The van der Waals surface area contributed by atoms with Crippen molar-refractivity contribution in [2.24, 2.45) is 0 Å². The van der Waals surface area contributed by atoms with E-state index in [0.717, 1.165) is 9.13 Å². The highest BCUT2D eigenvalue weighted by Crippen LogP contribution is 2.19. The predicted octanol–water partition coefficient (Wildman–Crippen LogP) is 3.50. The molecule has 0 atom stereocenters. The summed E-state index contributed by atoms with van der Waals surface area (Å²) < 4.78 is 27.7. The van der Waals surface area contributed by atoms with Gasteiger partial charge in [-0.2, -0.15) is 4.31 Å². The van der Waals surface area contributed by atoms with Crippen molar-refractivity contribution in [2.75, 3.05) is 6.54 Å². The maximum absolute atomic E-state index is 12.6. The molecule has 0 aliphatic heterocycles. The van der Waals surface area contributed by atoms with E-state index in [-0.39, 0.29) is 0 Å². The fourth-order valence-corrected chi connectivity index (χ4v) is 3.71. The maximum Gasteiger partial charge on any atom is 0.243 e. The molecule has 0 amide bonds. The third-order valence-corrected chi connectivity index (χ3v) is 5.66. The van der Waals surface area contributed by atoms with Crippen LogP contribution >= 0.6 is 22.6 Å². The van der Waals surface area contributed by atoms with Gasteiger partial charge in [-0.1, -0.05) is 37.3 Å². The van der Waals surface area contributed by atoms with Crippen molar-refractivity contribution in [2.45, 2.75) is 18.4 Å². The molecule has 2 aromatic carbocycles. The van der Waals surface area contributed by atoms with Crippen LogP contribution in [0.4, 0.5) is 0 Å². The van der Waals surface area contributed by atoms with Crippen molar-refractivity contribution in [3.8, 4) is 0 Å². The first kappa shape index (κ1) is 15.5.